The molecule has 1 aromatic heterocycles. The van der Waals surface area contributed by atoms with Crippen LogP contribution in [0, 0.1) is 5.92 Å². The number of fused-ring (bicyclic) bond motifs is 2. The van der Waals surface area contributed by atoms with Crippen molar-refractivity contribution in [2.45, 2.75) is 71.8 Å². The van der Waals surface area contributed by atoms with E-state index in [4.69, 9.17) is 0 Å². The SMILES string of the molecule is CC(C)CC(=O)N1CCCCCCCN(C(=O)CCc2cn(C)c3ccccc23)Cc2ccccc21. The molecule has 0 unspecified atom stereocenters. The fourth-order valence-corrected chi connectivity index (χ4v) is 5.37. The quantitative estimate of drug-likeness (QED) is 0.413. The number of rotatable bonds is 5. The molecule has 36 heavy (non-hydrogen) atoms. The maximum atomic E-state index is 13.5. The topological polar surface area (TPSA) is 45.6 Å². The molecular weight excluding hydrogens is 446 g/mol. The van der Waals surface area contributed by atoms with E-state index in [1.54, 1.807) is 0 Å². The van der Waals surface area contributed by atoms with E-state index in [0.29, 0.717) is 25.3 Å². The van der Waals surface area contributed by atoms with E-state index in [1.807, 2.05) is 21.9 Å². The van der Waals surface area contributed by atoms with Gasteiger partial charge in [-0.15, -0.1) is 0 Å². The number of benzene rings is 2. The molecule has 2 amide bonds. The van der Waals surface area contributed by atoms with Crippen LogP contribution in [0.1, 0.15) is 69.9 Å². The van der Waals surface area contributed by atoms with E-state index in [2.05, 4.69) is 68.1 Å². The van der Waals surface area contributed by atoms with Crippen LogP contribution in [0.4, 0.5) is 5.69 Å². The summed E-state index contributed by atoms with van der Waals surface area (Å²) in [5, 5.41) is 1.23. The summed E-state index contributed by atoms with van der Waals surface area (Å²) >= 11 is 0. The monoisotopic (exact) mass is 487 g/mol. The smallest absolute Gasteiger partial charge is 0.227 e. The predicted molar refractivity (Wildman–Crippen MR) is 148 cm³/mol. The van der Waals surface area contributed by atoms with Crippen LogP contribution in [0.15, 0.2) is 54.7 Å². The van der Waals surface area contributed by atoms with Gasteiger partial charge < -0.3 is 14.4 Å². The normalized spacial score (nSPS) is 15.4. The number of aromatic nitrogens is 1. The van der Waals surface area contributed by atoms with Crippen molar-refractivity contribution in [2.24, 2.45) is 13.0 Å². The Morgan fingerprint density at radius 3 is 2.36 bits per heavy atom. The van der Waals surface area contributed by atoms with Crippen molar-refractivity contribution in [3.63, 3.8) is 0 Å². The lowest BCUT2D eigenvalue weighted by Gasteiger charge is -2.30. The van der Waals surface area contributed by atoms with E-state index in [-0.39, 0.29) is 11.8 Å². The van der Waals surface area contributed by atoms with Gasteiger partial charge in [0.25, 0.3) is 0 Å². The molecule has 0 fully saturated rings. The van der Waals surface area contributed by atoms with Gasteiger partial charge in [-0.2, -0.15) is 0 Å². The van der Waals surface area contributed by atoms with Crippen molar-refractivity contribution in [3.8, 4) is 0 Å². The second-order valence-electron chi connectivity index (χ2n) is 10.6. The number of carbonyl (C=O) groups is 2. The number of nitrogens with zero attached hydrogens (tertiary/aromatic N) is 3. The van der Waals surface area contributed by atoms with Crippen LogP contribution in [-0.2, 0) is 29.6 Å². The van der Waals surface area contributed by atoms with Gasteiger partial charge in [0, 0.05) is 62.3 Å². The first kappa shape index (κ1) is 26.0. The van der Waals surface area contributed by atoms with Crippen LogP contribution in [0.5, 0.6) is 0 Å². The largest absolute Gasteiger partial charge is 0.350 e. The summed E-state index contributed by atoms with van der Waals surface area (Å²) in [6, 6.07) is 16.6. The van der Waals surface area contributed by atoms with Crippen molar-refractivity contribution in [1.29, 1.82) is 0 Å². The van der Waals surface area contributed by atoms with Gasteiger partial charge in [0.1, 0.15) is 0 Å². The molecule has 0 atom stereocenters. The Balaban J connectivity index is 1.55. The molecule has 0 N–H and O–H groups in total. The summed E-state index contributed by atoms with van der Waals surface area (Å²) in [4.78, 5) is 30.8. The molecule has 0 radical (unpaired) electrons. The highest BCUT2D eigenvalue weighted by Gasteiger charge is 2.22. The Bertz CT molecular complexity index is 1180. The second kappa shape index (κ2) is 12.2. The van der Waals surface area contributed by atoms with E-state index < -0.39 is 0 Å². The summed E-state index contributed by atoms with van der Waals surface area (Å²) in [7, 11) is 2.06. The Kier molecular flexibility index (Phi) is 8.84. The van der Waals surface area contributed by atoms with Gasteiger partial charge in [-0.1, -0.05) is 69.5 Å². The zero-order valence-electron chi connectivity index (χ0n) is 22.2. The first-order valence-electron chi connectivity index (χ1n) is 13.6. The summed E-state index contributed by atoms with van der Waals surface area (Å²) in [5.74, 6) is 0.691. The Morgan fingerprint density at radius 1 is 0.861 bits per heavy atom. The van der Waals surface area contributed by atoms with Gasteiger partial charge in [-0.05, 0) is 48.4 Å². The zero-order chi connectivity index (χ0) is 25.5. The summed E-state index contributed by atoms with van der Waals surface area (Å²) in [5.41, 5.74) is 4.46. The van der Waals surface area contributed by atoms with Gasteiger partial charge in [-0.3, -0.25) is 9.59 Å². The Labute approximate surface area is 216 Å². The lowest BCUT2D eigenvalue weighted by atomic mass is 10.0. The fraction of sp³-hybridized carbons (Fsp3) is 0.484. The van der Waals surface area contributed by atoms with Crippen molar-refractivity contribution in [3.05, 3.63) is 65.9 Å². The third-order valence-electron chi connectivity index (χ3n) is 7.28. The number of hydrogen-bond donors (Lipinski definition) is 0. The Morgan fingerprint density at radius 2 is 1.56 bits per heavy atom. The molecule has 192 valence electrons. The summed E-state index contributed by atoms with van der Waals surface area (Å²) in [6.07, 6.45) is 9.35. The van der Waals surface area contributed by atoms with Crippen LogP contribution in [0.25, 0.3) is 10.9 Å². The maximum absolute atomic E-state index is 13.5. The third-order valence-corrected chi connectivity index (χ3v) is 7.28. The predicted octanol–water partition coefficient (Wildman–Crippen LogP) is 6.48. The minimum atomic E-state index is 0.184. The molecule has 1 aliphatic rings. The van der Waals surface area contributed by atoms with Crippen LogP contribution in [0.2, 0.25) is 0 Å². The van der Waals surface area contributed by atoms with Gasteiger partial charge >= 0.3 is 0 Å². The average molecular weight is 488 g/mol. The summed E-state index contributed by atoms with van der Waals surface area (Å²) < 4.78 is 2.14. The molecular formula is C31H41N3O2. The highest BCUT2D eigenvalue weighted by molar-refractivity contribution is 5.94. The van der Waals surface area contributed by atoms with Crippen molar-refractivity contribution in [1.82, 2.24) is 9.47 Å². The number of anilines is 1. The average Bonchev–Trinajstić information content (AvgIpc) is 3.18. The van der Waals surface area contributed by atoms with Crippen LogP contribution < -0.4 is 4.90 Å². The van der Waals surface area contributed by atoms with Gasteiger partial charge in [0.05, 0.1) is 0 Å². The molecule has 3 aromatic rings. The molecule has 0 aliphatic carbocycles. The Hall–Kier alpha value is -3.08. The van der Waals surface area contributed by atoms with E-state index in [9.17, 15) is 9.59 Å². The van der Waals surface area contributed by atoms with Crippen LogP contribution in [0.3, 0.4) is 0 Å². The first-order chi connectivity index (χ1) is 17.4. The minimum absolute atomic E-state index is 0.184. The standard InChI is InChI=1S/C31H41N3O2/c1-24(2)21-31(36)34-20-12-6-4-5-11-19-33(23-26-13-7-9-15-28(26)34)30(35)18-17-25-22-32(3)29-16-10-8-14-27(25)29/h7-10,13-16,22,24H,4-6,11-12,17-21,23H2,1-3H3. The molecule has 5 heteroatoms. The highest BCUT2D eigenvalue weighted by Crippen LogP contribution is 2.27. The molecule has 1 aliphatic heterocycles. The molecule has 0 spiro atoms. The number of para-hydroxylation sites is 2. The number of aryl methyl sites for hydroxylation is 2. The van der Waals surface area contributed by atoms with Crippen molar-refractivity contribution >= 4 is 28.4 Å². The van der Waals surface area contributed by atoms with E-state index in [1.165, 1.54) is 16.5 Å². The van der Waals surface area contributed by atoms with Gasteiger partial charge in [0.2, 0.25) is 11.8 Å². The lowest BCUT2D eigenvalue weighted by Crippen LogP contribution is -2.36. The second-order valence-corrected chi connectivity index (χ2v) is 10.6. The molecule has 0 saturated heterocycles. The molecule has 2 heterocycles. The number of carbonyl (C=O) groups excluding carboxylic acids is 2. The third kappa shape index (κ3) is 6.37. The molecule has 0 saturated carbocycles. The van der Waals surface area contributed by atoms with Crippen LogP contribution >= 0.6 is 0 Å². The molecule has 0 bridgehead atoms. The van der Waals surface area contributed by atoms with Crippen molar-refractivity contribution in [2.75, 3.05) is 18.0 Å². The number of amides is 2. The maximum Gasteiger partial charge on any atom is 0.227 e. The van der Waals surface area contributed by atoms with Gasteiger partial charge in [0.15, 0.2) is 0 Å². The first-order valence-corrected chi connectivity index (χ1v) is 13.6. The van der Waals surface area contributed by atoms with E-state index >= 15 is 0 Å². The minimum Gasteiger partial charge on any atom is -0.350 e. The van der Waals surface area contributed by atoms with Crippen LogP contribution in [-0.4, -0.2) is 34.4 Å². The molecule has 4 rings (SSSR count). The molecule has 5 nitrogen and oxygen atoms in total. The van der Waals surface area contributed by atoms with E-state index in [0.717, 1.165) is 62.9 Å². The molecule has 2 aromatic carbocycles. The fourth-order valence-electron chi connectivity index (χ4n) is 5.37. The van der Waals surface area contributed by atoms with Gasteiger partial charge in [-0.25, -0.2) is 0 Å². The van der Waals surface area contributed by atoms with Crippen molar-refractivity contribution < 1.29 is 9.59 Å². The highest BCUT2D eigenvalue weighted by atomic mass is 16.2. The zero-order valence-corrected chi connectivity index (χ0v) is 22.2. The number of hydrogen-bond acceptors (Lipinski definition) is 2. The summed E-state index contributed by atoms with van der Waals surface area (Å²) in [6.45, 7) is 6.25. The lowest BCUT2D eigenvalue weighted by molar-refractivity contribution is -0.131.